The first kappa shape index (κ1) is 11.7. The quantitative estimate of drug-likeness (QED) is 0.680. The summed E-state index contributed by atoms with van der Waals surface area (Å²) in [5.41, 5.74) is 2.20. The average Bonchev–Trinajstić information content (AvgIpc) is 2.25. The molecule has 0 atom stereocenters. The van der Waals surface area contributed by atoms with Crippen LogP contribution in [0.25, 0.3) is 0 Å². The summed E-state index contributed by atoms with van der Waals surface area (Å²) in [6, 6.07) is 8.07. The predicted molar refractivity (Wildman–Crippen MR) is 63.2 cm³/mol. The number of amides is 1. The first-order valence-electron chi connectivity index (χ1n) is 5.05. The molecule has 0 spiro atoms. The van der Waals surface area contributed by atoms with E-state index in [9.17, 15) is 4.79 Å². The molecular weight excluding hydrogens is 188 g/mol. The fraction of sp³-hybridized carbons (Fsp3) is 0.417. The first-order chi connectivity index (χ1) is 7.13. The van der Waals surface area contributed by atoms with E-state index in [1.165, 1.54) is 5.56 Å². The molecular formula is C12H18N2O. The van der Waals surface area contributed by atoms with E-state index in [1.54, 1.807) is 11.9 Å². The summed E-state index contributed by atoms with van der Waals surface area (Å²) < 4.78 is 0. The minimum atomic E-state index is 0.824. The summed E-state index contributed by atoms with van der Waals surface area (Å²) in [7, 11) is 5.88. The third-order valence-corrected chi connectivity index (χ3v) is 2.32. The van der Waals surface area contributed by atoms with Gasteiger partial charge in [0, 0.05) is 19.3 Å². The third-order valence-electron chi connectivity index (χ3n) is 2.32. The number of hydrogen-bond donors (Lipinski definition) is 0. The number of anilines is 1. The van der Waals surface area contributed by atoms with Crippen LogP contribution in [0.3, 0.4) is 0 Å². The zero-order valence-electron chi connectivity index (χ0n) is 9.60. The second kappa shape index (κ2) is 5.51. The van der Waals surface area contributed by atoms with Crippen LogP contribution in [0.2, 0.25) is 0 Å². The zero-order chi connectivity index (χ0) is 11.3. The Morgan fingerprint density at radius 1 is 1.27 bits per heavy atom. The lowest BCUT2D eigenvalue weighted by molar-refractivity contribution is -0.107. The number of nitrogens with zero attached hydrogens (tertiary/aromatic N) is 2. The lowest BCUT2D eigenvalue weighted by atomic mass is 10.1. The molecule has 1 amide bonds. The Kier molecular flexibility index (Phi) is 4.31. The molecule has 0 unspecified atom stereocenters. The van der Waals surface area contributed by atoms with Crippen LogP contribution in [0.4, 0.5) is 5.69 Å². The Labute approximate surface area is 91.3 Å². The van der Waals surface area contributed by atoms with Crippen LogP contribution in [0.15, 0.2) is 24.3 Å². The average molecular weight is 206 g/mol. The highest BCUT2D eigenvalue weighted by Gasteiger charge is 2.00. The number of hydrogen-bond acceptors (Lipinski definition) is 2. The van der Waals surface area contributed by atoms with Crippen LogP contribution in [0.5, 0.6) is 0 Å². The standard InChI is InChI=1S/C12H18N2O/c1-13(2)8-7-11-5-4-6-12(9-11)14(3)10-15/h4-6,9-10H,7-8H2,1-3H3. The first-order valence-corrected chi connectivity index (χ1v) is 5.05. The van der Waals surface area contributed by atoms with Crippen LogP contribution in [0, 0.1) is 0 Å². The molecule has 0 saturated carbocycles. The molecule has 3 nitrogen and oxygen atoms in total. The van der Waals surface area contributed by atoms with Crippen molar-refractivity contribution in [1.29, 1.82) is 0 Å². The number of rotatable bonds is 5. The van der Waals surface area contributed by atoms with Gasteiger partial charge in [-0.1, -0.05) is 12.1 Å². The van der Waals surface area contributed by atoms with Gasteiger partial charge in [-0.25, -0.2) is 0 Å². The number of carbonyl (C=O) groups is 1. The fourth-order valence-corrected chi connectivity index (χ4v) is 1.34. The molecule has 0 aliphatic heterocycles. The highest BCUT2D eigenvalue weighted by Crippen LogP contribution is 2.13. The van der Waals surface area contributed by atoms with Gasteiger partial charge in [0.15, 0.2) is 0 Å². The Hall–Kier alpha value is -1.35. The van der Waals surface area contributed by atoms with E-state index < -0.39 is 0 Å². The minimum absolute atomic E-state index is 0.824. The number of carbonyl (C=O) groups excluding carboxylic acids is 1. The summed E-state index contributed by atoms with van der Waals surface area (Å²) in [5, 5.41) is 0. The van der Waals surface area contributed by atoms with Gasteiger partial charge in [0.2, 0.25) is 6.41 Å². The van der Waals surface area contributed by atoms with E-state index in [-0.39, 0.29) is 0 Å². The molecule has 82 valence electrons. The molecule has 0 saturated heterocycles. The van der Waals surface area contributed by atoms with E-state index in [4.69, 9.17) is 0 Å². The second-order valence-corrected chi connectivity index (χ2v) is 3.94. The highest BCUT2D eigenvalue weighted by atomic mass is 16.1. The summed E-state index contributed by atoms with van der Waals surface area (Å²) in [5.74, 6) is 0. The van der Waals surface area contributed by atoms with Crippen LogP contribution in [-0.4, -0.2) is 39.0 Å². The van der Waals surface area contributed by atoms with Gasteiger partial charge in [-0.15, -0.1) is 0 Å². The van der Waals surface area contributed by atoms with Gasteiger partial charge < -0.3 is 9.80 Å². The van der Waals surface area contributed by atoms with Crippen molar-refractivity contribution in [3.8, 4) is 0 Å². The van der Waals surface area contributed by atoms with Gasteiger partial charge in [-0.05, 0) is 38.2 Å². The van der Waals surface area contributed by atoms with Crippen molar-refractivity contribution in [3.63, 3.8) is 0 Å². The SMILES string of the molecule is CN(C)CCc1cccc(N(C)C=O)c1. The molecule has 1 aromatic carbocycles. The molecule has 0 aliphatic carbocycles. The monoisotopic (exact) mass is 206 g/mol. The molecule has 3 heteroatoms. The van der Waals surface area contributed by atoms with E-state index in [1.807, 2.05) is 12.1 Å². The third kappa shape index (κ3) is 3.72. The van der Waals surface area contributed by atoms with Gasteiger partial charge in [0.25, 0.3) is 0 Å². The maximum Gasteiger partial charge on any atom is 0.213 e. The summed E-state index contributed by atoms with van der Waals surface area (Å²) in [4.78, 5) is 14.3. The van der Waals surface area contributed by atoms with Crippen molar-refractivity contribution in [3.05, 3.63) is 29.8 Å². The Balaban J connectivity index is 2.69. The van der Waals surface area contributed by atoms with Gasteiger partial charge in [0.05, 0.1) is 0 Å². The topological polar surface area (TPSA) is 23.6 Å². The van der Waals surface area contributed by atoms with Gasteiger partial charge in [-0.3, -0.25) is 4.79 Å². The Bertz CT molecular complexity index is 323. The largest absolute Gasteiger partial charge is 0.318 e. The highest BCUT2D eigenvalue weighted by molar-refractivity contribution is 5.74. The molecule has 1 rings (SSSR count). The Morgan fingerprint density at radius 3 is 2.60 bits per heavy atom. The van der Waals surface area contributed by atoms with Crippen molar-refractivity contribution in [2.75, 3.05) is 32.6 Å². The molecule has 0 radical (unpaired) electrons. The molecule has 0 bridgehead atoms. The van der Waals surface area contributed by atoms with Crippen molar-refractivity contribution < 1.29 is 4.79 Å². The molecule has 15 heavy (non-hydrogen) atoms. The van der Waals surface area contributed by atoms with Crippen molar-refractivity contribution in [2.45, 2.75) is 6.42 Å². The maximum atomic E-state index is 10.6. The normalized spacial score (nSPS) is 10.4. The smallest absolute Gasteiger partial charge is 0.213 e. The van der Waals surface area contributed by atoms with E-state index in [0.717, 1.165) is 25.1 Å². The van der Waals surface area contributed by atoms with E-state index >= 15 is 0 Å². The van der Waals surface area contributed by atoms with Crippen molar-refractivity contribution >= 4 is 12.1 Å². The summed E-state index contributed by atoms with van der Waals surface area (Å²) >= 11 is 0. The summed E-state index contributed by atoms with van der Waals surface area (Å²) in [6.07, 6.45) is 1.83. The van der Waals surface area contributed by atoms with Crippen molar-refractivity contribution in [1.82, 2.24) is 4.90 Å². The van der Waals surface area contributed by atoms with Crippen LogP contribution in [-0.2, 0) is 11.2 Å². The predicted octanol–water partition coefficient (Wildman–Crippen LogP) is 1.38. The molecule has 0 heterocycles. The fourth-order valence-electron chi connectivity index (χ4n) is 1.34. The zero-order valence-corrected chi connectivity index (χ0v) is 9.60. The Morgan fingerprint density at radius 2 is 2.00 bits per heavy atom. The van der Waals surface area contributed by atoms with E-state index in [2.05, 4.69) is 31.1 Å². The maximum absolute atomic E-state index is 10.6. The van der Waals surface area contributed by atoms with Crippen LogP contribution >= 0.6 is 0 Å². The number of likely N-dealkylation sites (N-methyl/N-ethyl adjacent to an activating group) is 1. The lowest BCUT2D eigenvalue weighted by Crippen LogP contribution is -2.16. The number of benzene rings is 1. The second-order valence-electron chi connectivity index (χ2n) is 3.94. The van der Waals surface area contributed by atoms with Gasteiger partial charge in [-0.2, -0.15) is 0 Å². The van der Waals surface area contributed by atoms with Gasteiger partial charge >= 0.3 is 0 Å². The van der Waals surface area contributed by atoms with Crippen LogP contribution in [0.1, 0.15) is 5.56 Å². The lowest BCUT2D eigenvalue weighted by Gasteiger charge is -2.13. The van der Waals surface area contributed by atoms with E-state index in [0.29, 0.717) is 0 Å². The van der Waals surface area contributed by atoms with Crippen molar-refractivity contribution in [2.24, 2.45) is 0 Å². The molecule has 0 N–H and O–H groups in total. The minimum Gasteiger partial charge on any atom is -0.318 e. The molecule has 0 fully saturated rings. The van der Waals surface area contributed by atoms with Gasteiger partial charge in [0.1, 0.15) is 0 Å². The molecule has 1 aromatic rings. The molecule has 0 aromatic heterocycles. The molecule has 0 aliphatic rings. The summed E-state index contributed by atoms with van der Waals surface area (Å²) in [6.45, 7) is 1.02. The van der Waals surface area contributed by atoms with Crippen LogP contribution < -0.4 is 4.90 Å².